The molecule has 0 radical (unpaired) electrons. The molecule has 10 heteroatoms. The second-order valence-corrected chi connectivity index (χ2v) is 9.21. The highest BCUT2D eigenvalue weighted by atomic mass is 32.2. The average molecular weight is 467 g/mol. The Morgan fingerprint density at radius 1 is 1.12 bits per heavy atom. The lowest BCUT2D eigenvalue weighted by Gasteiger charge is -2.14. The molecule has 1 atom stereocenters. The van der Waals surface area contributed by atoms with Gasteiger partial charge < -0.3 is 15.2 Å². The number of nitrogens with zero attached hydrogens (tertiary/aromatic N) is 4. The maximum absolute atomic E-state index is 12.6. The van der Waals surface area contributed by atoms with Gasteiger partial charge in [0.15, 0.2) is 16.1 Å². The number of thiazole rings is 1. The Kier molecular flexibility index (Phi) is 6.52. The molecule has 0 bridgehead atoms. The highest BCUT2D eigenvalue weighted by Crippen LogP contribution is 2.26. The van der Waals surface area contributed by atoms with Crippen molar-refractivity contribution in [1.29, 1.82) is 0 Å². The zero-order valence-electron chi connectivity index (χ0n) is 17.8. The van der Waals surface area contributed by atoms with E-state index in [9.17, 15) is 9.59 Å². The number of amides is 2. The van der Waals surface area contributed by atoms with Crippen LogP contribution < -0.4 is 10.6 Å². The Bertz CT molecular complexity index is 1250. The molecular formula is C22H22N6O2S2. The van der Waals surface area contributed by atoms with Gasteiger partial charge in [-0.05, 0) is 37.6 Å². The van der Waals surface area contributed by atoms with Gasteiger partial charge in [0.25, 0.3) is 5.91 Å². The van der Waals surface area contributed by atoms with Crippen molar-refractivity contribution < 1.29 is 9.59 Å². The predicted octanol–water partition coefficient (Wildman–Crippen LogP) is 3.96. The Balaban J connectivity index is 1.35. The van der Waals surface area contributed by atoms with Crippen molar-refractivity contribution in [2.45, 2.75) is 25.0 Å². The van der Waals surface area contributed by atoms with Crippen molar-refractivity contribution in [3.63, 3.8) is 0 Å². The number of thioether (sulfide) groups is 1. The van der Waals surface area contributed by atoms with Crippen LogP contribution in [-0.2, 0) is 11.8 Å². The number of nitrogens with one attached hydrogen (secondary N) is 2. The maximum atomic E-state index is 12.6. The van der Waals surface area contributed by atoms with Gasteiger partial charge in [0.05, 0.1) is 22.0 Å². The fourth-order valence-corrected chi connectivity index (χ4v) is 4.81. The molecule has 32 heavy (non-hydrogen) atoms. The number of para-hydroxylation sites is 1. The van der Waals surface area contributed by atoms with Gasteiger partial charge in [-0.2, -0.15) is 0 Å². The summed E-state index contributed by atoms with van der Waals surface area (Å²) in [7, 11) is 1.82. The molecule has 0 aliphatic heterocycles. The summed E-state index contributed by atoms with van der Waals surface area (Å²) in [5, 5.41) is 15.4. The number of hydrogen-bond acceptors (Lipinski definition) is 7. The van der Waals surface area contributed by atoms with Crippen LogP contribution in [0.25, 0.3) is 10.2 Å². The number of rotatable bonds is 7. The van der Waals surface area contributed by atoms with E-state index in [1.807, 2.05) is 63.4 Å². The fourth-order valence-electron chi connectivity index (χ4n) is 3.21. The monoisotopic (exact) mass is 466 g/mol. The van der Waals surface area contributed by atoms with Crippen LogP contribution in [0.15, 0.2) is 53.7 Å². The summed E-state index contributed by atoms with van der Waals surface area (Å²) in [6.45, 7) is 3.75. The van der Waals surface area contributed by atoms with Gasteiger partial charge in [0.2, 0.25) is 5.91 Å². The smallest absolute Gasteiger partial charge is 0.252 e. The molecule has 8 nitrogen and oxygen atoms in total. The molecule has 0 saturated heterocycles. The van der Waals surface area contributed by atoms with Crippen molar-refractivity contribution in [3.05, 3.63) is 65.5 Å². The van der Waals surface area contributed by atoms with E-state index in [0.717, 1.165) is 15.8 Å². The Morgan fingerprint density at radius 2 is 1.88 bits per heavy atom. The summed E-state index contributed by atoms with van der Waals surface area (Å²) < 4.78 is 2.81. The molecule has 0 saturated carbocycles. The third-order valence-corrected chi connectivity index (χ3v) is 6.84. The lowest BCUT2D eigenvalue weighted by atomic mass is 10.1. The molecule has 2 heterocycles. The normalized spacial score (nSPS) is 12.0. The Morgan fingerprint density at radius 3 is 2.66 bits per heavy atom. The standard InChI is InChI=1S/C22H22N6O2S2/c1-13-8-4-5-9-15(13)20(30)23-14(2)19-26-27-22(28(19)3)31-12-18(29)25-21-24-16-10-6-7-11-17(16)32-21/h4-11,14H,12H2,1-3H3,(H,23,30)(H,24,25,29)/t14-/m1/s1. The van der Waals surface area contributed by atoms with Crippen molar-refractivity contribution in [1.82, 2.24) is 25.1 Å². The fraction of sp³-hybridized carbons (Fsp3) is 0.227. The highest BCUT2D eigenvalue weighted by Gasteiger charge is 2.20. The zero-order valence-corrected chi connectivity index (χ0v) is 19.5. The van der Waals surface area contributed by atoms with Crippen LogP contribution in [0.4, 0.5) is 5.13 Å². The van der Waals surface area contributed by atoms with Crippen LogP contribution in [0.1, 0.15) is 34.7 Å². The second kappa shape index (κ2) is 9.49. The molecule has 164 valence electrons. The van der Waals surface area contributed by atoms with Crippen LogP contribution in [-0.4, -0.2) is 37.3 Å². The van der Waals surface area contributed by atoms with E-state index < -0.39 is 0 Å². The van der Waals surface area contributed by atoms with Gasteiger partial charge in [-0.3, -0.25) is 9.59 Å². The maximum Gasteiger partial charge on any atom is 0.252 e. The third-order valence-electron chi connectivity index (χ3n) is 4.87. The minimum Gasteiger partial charge on any atom is -0.342 e. The quantitative estimate of drug-likeness (QED) is 0.400. The lowest BCUT2D eigenvalue weighted by Crippen LogP contribution is -2.29. The van der Waals surface area contributed by atoms with Gasteiger partial charge in [0.1, 0.15) is 0 Å². The summed E-state index contributed by atoms with van der Waals surface area (Å²) in [4.78, 5) is 29.4. The predicted molar refractivity (Wildman–Crippen MR) is 127 cm³/mol. The summed E-state index contributed by atoms with van der Waals surface area (Å²) in [5.41, 5.74) is 2.40. The Hall–Kier alpha value is -3.24. The lowest BCUT2D eigenvalue weighted by molar-refractivity contribution is -0.113. The molecule has 0 fully saturated rings. The summed E-state index contributed by atoms with van der Waals surface area (Å²) >= 11 is 2.72. The van der Waals surface area contributed by atoms with Crippen LogP contribution in [0, 0.1) is 6.92 Å². The summed E-state index contributed by atoms with van der Waals surface area (Å²) in [5.74, 6) is 0.454. The van der Waals surface area contributed by atoms with E-state index in [4.69, 9.17) is 0 Å². The molecule has 4 aromatic rings. The van der Waals surface area contributed by atoms with Crippen molar-refractivity contribution in [2.75, 3.05) is 11.1 Å². The second-order valence-electron chi connectivity index (χ2n) is 7.23. The molecule has 2 aromatic heterocycles. The number of anilines is 1. The van der Waals surface area contributed by atoms with Crippen molar-refractivity contribution in [2.24, 2.45) is 7.05 Å². The first-order valence-electron chi connectivity index (χ1n) is 9.96. The first-order chi connectivity index (χ1) is 15.4. The van der Waals surface area contributed by atoms with Gasteiger partial charge in [-0.1, -0.05) is 53.4 Å². The van der Waals surface area contributed by atoms with Gasteiger partial charge in [-0.15, -0.1) is 10.2 Å². The Labute approximate surface area is 193 Å². The summed E-state index contributed by atoms with van der Waals surface area (Å²) in [6.07, 6.45) is 0. The zero-order chi connectivity index (χ0) is 22.7. The number of carbonyl (C=O) groups is 2. The van der Waals surface area contributed by atoms with Gasteiger partial charge in [0, 0.05) is 12.6 Å². The van der Waals surface area contributed by atoms with E-state index in [2.05, 4.69) is 25.8 Å². The molecule has 2 aromatic carbocycles. The average Bonchev–Trinajstić information content (AvgIpc) is 3.34. The molecule has 2 amide bonds. The number of aromatic nitrogens is 4. The highest BCUT2D eigenvalue weighted by molar-refractivity contribution is 7.99. The minimum atomic E-state index is -0.342. The number of carbonyl (C=O) groups excluding carboxylic acids is 2. The first-order valence-corrected chi connectivity index (χ1v) is 11.8. The molecule has 4 rings (SSSR count). The van der Waals surface area contributed by atoms with Crippen LogP contribution in [0.5, 0.6) is 0 Å². The molecule has 0 unspecified atom stereocenters. The van der Waals surface area contributed by atoms with E-state index in [1.54, 1.807) is 10.6 Å². The number of benzene rings is 2. The van der Waals surface area contributed by atoms with E-state index in [0.29, 0.717) is 21.7 Å². The molecule has 2 N–H and O–H groups in total. The van der Waals surface area contributed by atoms with Gasteiger partial charge >= 0.3 is 0 Å². The van der Waals surface area contributed by atoms with Crippen LogP contribution in [0.3, 0.4) is 0 Å². The molecule has 0 aliphatic carbocycles. The van der Waals surface area contributed by atoms with E-state index in [1.165, 1.54) is 23.1 Å². The SMILES string of the molecule is Cc1ccccc1C(=O)N[C@H](C)c1nnc(SCC(=O)Nc2nc3ccccc3s2)n1C. The number of fused-ring (bicyclic) bond motifs is 1. The first kappa shape index (κ1) is 22.0. The number of aryl methyl sites for hydroxylation is 1. The van der Waals surface area contributed by atoms with Gasteiger partial charge in [-0.25, -0.2) is 4.98 Å². The van der Waals surface area contributed by atoms with E-state index in [-0.39, 0.29) is 23.6 Å². The molecule has 0 aliphatic rings. The minimum absolute atomic E-state index is 0.164. The third kappa shape index (κ3) is 4.81. The molecular weight excluding hydrogens is 444 g/mol. The largest absolute Gasteiger partial charge is 0.342 e. The van der Waals surface area contributed by atoms with E-state index >= 15 is 0 Å². The van der Waals surface area contributed by atoms with Crippen molar-refractivity contribution >= 4 is 50.3 Å². The van der Waals surface area contributed by atoms with Crippen LogP contribution in [0.2, 0.25) is 0 Å². The topological polar surface area (TPSA) is 102 Å². The number of hydrogen-bond donors (Lipinski definition) is 2. The van der Waals surface area contributed by atoms with Crippen LogP contribution >= 0.6 is 23.1 Å². The summed E-state index contributed by atoms with van der Waals surface area (Å²) in [6, 6.07) is 14.8. The van der Waals surface area contributed by atoms with Crippen molar-refractivity contribution in [3.8, 4) is 0 Å². The molecule has 0 spiro atoms.